The Morgan fingerprint density at radius 3 is 2.53 bits per heavy atom. The van der Waals surface area contributed by atoms with Gasteiger partial charge in [-0.2, -0.15) is 9.61 Å². The molecule has 0 unspecified atom stereocenters. The summed E-state index contributed by atoms with van der Waals surface area (Å²) in [6, 6.07) is 20.2. The molecule has 158 valence electrons. The third-order valence-corrected chi connectivity index (χ3v) is 6.26. The van der Waals surface area contributed by atoms with E-state index in [4.69, 9.17) is 9.97 Å². The first kappa shape index (κ1) is 20.5. The molecule has 0 aliphatic carbocycles. The van der Waals surface area contributed by atoms with Crippen molar-refractivity contribution in [1.29, 1.82) is 0 Å². The van der Waals surface area contributed by atoms with E-state index in [2.05, 4.69) is 21.0 Å². The van der Waals surface area contributed by atoms with Crippen molar-refractivity contribution in [3.8, 4) is 11.3 Å². The van der Waals surface area contributed by atoms with Crippen LogP contribution in [0.1, 0.15) is 11.3 Å². The summed E-state index contributed by atoms with van der Waals surface area (Å²) in [6.45, 7) is 0. The number of imidazole rings is 1. The van der Waals surface area contributed by atoms with E-state index in [0.29, 0.717) is 4.60 Å². The molecule has 0 bridgehead atoms. The van der Waals surface area contributed by atoms with Gasteiger partial charge in [0.25, 0.3) is 0 Å². The second-order valence-corrected chi connectivity index (χ2v) is 8.72. The van der Waals surface area contributed by atoms with Crippen LogP contribution in [0, 0.1) is 5.82 Å². The van der Waals surface area contributed by atoms with Crippen molar-refractivity contribution in [3.05, 3.63) is 93.8 Å². The summed E-state index contributed by atoms with van der Waals surface area (Å²) in [7, 11) is 1.94. The number of aromatic nitrogens is 4. The Morgan fingerprint density at radius 2 is 1.75 bits per heavy atom. The molecule has 0 saturated carbocycles. The molecule has 3 heterocycles. The van der Waals surface area contributed by atoms with Crippen molar-refractivity contribution < 1.29 is 4.39 Å². The predicted octanol–water partition coefficient (Wildman–Crippen LogP) is 6.69. The van der Waals surface area contributed by atoms with Gasteiger partial charge in [0.05, 0.1) is 5.69 Å². The van der Waals surface area contributed by atoms with Crippen LogP contribution in [0.15, 0.2) is 76.7 Å². The number of halogens is 2. The van der Waals surface area contributed by atoms with Gasteiger partial charge in [-0.05, 0) is 64.0 Å². The van der Waals surface area contributed by atoms with Crippen LogP contribution >= 0.6 is 27.3 Å². The molecule has 0 radical (unpaired) electrons. The second-order valence-electron chi connectivity index (χ2n) is 7.07. The Morgan fingerprint density at radius 1 is 0.969 bits per heavy atom. The number of anilines is 2. The maximum absolute atomic E-state index is 13.3. The van der Waals surface area contributed by atoms with E-state index < -0.39 is 0 Å². The number of thiazole rings is 1. The van der Waals surface area contributed by atoms with Crippen molar-refractivity contribution in [2.75, 3.05) is 11.9 Å². The smallest absolute Gasteiger partial charge is 0.191 e. The highest BCUT2D eigenvalue weighted by molar-refractivity contribution is 9.10. The van der Waals surface area contributed by atoms with Crippen LogP contribution in [0.4, 0.5) is 15.3 Å². The van der Waals surface area contributed by atoms with Gasteiger partial charge in [-0.3, -0.25) is 0 Å². The number of benzene rings is 2. The molecule has 2 aromatic carbocycles. The highest BCUT2D eigenvalue weighted by atomic mass is 79.9. The molecular formula is C24H17BrFN5S. The molecule has 0 saturated heterocycles. The van der Waals surface area contributed by atoms with E-state index in [1.54, 1.807) is 16.6 Å². The Labute approximate surface area is 196 Å². The molecule has 0 amide bonds. The molecule has 0 aliphatic rings. The van der Waals surface area contributed by atoms with Crippen LogP contribution in [-0.2, 0) is 0 Å². The van der Waals surface area contributed by atoms with E-state index in [1.165, 1.54) is 23.5 Å². The minimum atomic E-state index is -0.265. The first-order chi connectivity index (χ1) is 15.6. The van der Waals surface area contributed by atoms with Gasteiger partial charge >= 0.3 is 0 Å². The van der Waals surface area contributed by atoms with Crippen LogP contribution in [0.5, 0.6) is 0 Å². The zero-order chi connectivity index (χ0) is 22.1. The summed E-state index contributed by atoms with van der Waals surface area (Å²) in [5.41, 5.74) is 4.26. The zero-order valence-electron chi connectivity index (χ0n) is 17.0. The van der Waals surface area contributed by atoms with Gasteiger partial charge < -0.3 is 4.90 Å². The fraction of sp³-hybridized carbons (Fsp3) is 0.0417. The second kappa shape index (κ2) is 8.64. The minimum Gasteiger partial charge on any atom is -0.304 e. The van der Waals surface area contributed by atoms with E-state index in [9.17, 15) is 4.39 Å². The third-order valence-electron chi connectivity index (χ3n) is 4.92. The van der Waals surface area contributed by atoms with Crippen LogP contribution in [0.25, 0.3) is 29.1 Å². The predicted molar refractivity (Wildman–Crippen MR) is 132 cm³/mol. The number of hydrogen-bond acceptors (Lipinski definition) is 5. The lowest BCUT2D eigenvalue weighted by Crippen LogP contribution is -2.14. The van der Waals surface area contributed by atoms with Crippen molar-refractivity contribution in [3.63, 3.8) is 0 Å². The number of nitrogens with zero attached hydrogens (tertiary/aromatic N) is 5. The van der Waals surface area contributed by atoms with Crippen LogP contribution < -0.4 is 4.90 Å². The van der Waals surface area contributed by atoms with Crippen molar-refractivity contribution in [1.82, 2.24) is 19.6 Å². The Kier molecular flexibility index (Phi) is 5.55. The highest BCUT2D eigenvalue weighted by Crippen LogP contribution is 2.34. The fourth-order valence-corrected chi connectivity index (χ4v) is 4.44. The molecule has 5 nitrogen and oxygen atoms in total. The van der Waals surface area contributed by atoms with E-state index in [-0.39, 0.29) is 5.82 Å². The maximum Gasteiger partial charge on any atom is 0.191 e. The molecular weight excluding hydrogens is 489 g/mol. The minimum absolute atomic E-state index is 0.265. The van der Waals surface area contributed by atoms with Gasteiger partial charge in [0.15, 0.2) is 16.6 Å². The lowest BCUT2D eigenvalue weighted by Gasteiger charge is -2.15. The first-order valence-corrected chi connectivity index (χ1v) is 11.5. The molecule has 32 heavy (non-hydrogen) atoms. The molecule has 0 spiro atoms. The summed E-state index contributed by atoms with van der Waals surface area (Å²) < 4.78 is 15.8. The van der Waals surface area contributed by atoms with Gasteiger partial charge in [-0.15, -0.1) is 11.3 Å². The van der Waals surface area contributed by atoms with Gasteiger partial charge in [0.2, 0.25) is 0 Å². The number of hydrogen-bond donors (Lipinski definition) is 0. The molecule has 0 N–H and O–H groups in total. The SMILES string of the molecule is CN(c1nc(-c2ccc(F)cc2)cs1)c1c(/C=C/c2ccccc2)nc2ccc(Br)nn12. The average Bonchev–Trinajstić information content (AvgIpc) is 3.43. The molecule has 5 rings (SSSR count). The molecule has 0 atom stereocenters. The molecule has 8 heteroatoms. The number of rotatable bonds is 5. The summed E-state index contributed by atoms with van der Waals surface area (Å²) in [6.07, 6.45) is 4.01. The molecule has 5 aromatic rings. The van der Waals surface area contributed by atoms with Crippen molar-refractivity contribution >= 4 is 56.0 Å². The molecule has 0 aliphatic heterocycles. The van der Waals surface area contributed by atoms with Crippen LogP contribution in [-0.4, -0.2) is 26.6 Å². The summed E-state index contributed by atoms with van der Waals surface area (Å²) in [5.74, 6) is 0.534. The normalized spacial score (nSPS) is 11.5. The van der Waals surface area contributed by atoms with Crippen molar-refractivity contribution in [2.24, 2.45) is 0 Å². The summed E-state index contributed by atoms with van der Waals surface area (Å²) >= 11 is 4.96. The van der Waals surface area contributed by atoms with E-state index in [1.807, 2.05) is 71.9 Å². The maximum atomic E-state index is 13.3. The summed E-state index contributed by atoms with van der Waals surface area (Å²) in [5, 5.41) is 7.35. The topological polar surface area (TPSA) is 46.3 Å². The van der Waals surface area contributed by atoms with E-state index >= 15 is 0 Å². The summed E-state index contributed by atoms with van der Waals surface area (Å²) in [4.78, 5) is 11.5. The Hall–Kier alpha value is -3.36. The standard InChI is InChI=1S/C24H17BrFN5S/c1-30(24-28-20(15-32-24)17-8-10-18(26)11-9-17)23-19(12-7-16-5-3-2-4-6-16)27-22-14-13-21(25)29-31(22)23/h2-15H,1H3/b12-7+. The quantitative estimate of drug-likeness (QED) is 0.266. The third kappa shape index (κ3) is 4.06. The lowest BCUT2D eigenvalue weighted by molar-refractivity contribution is 0.628. The first-order valence-electron chi connectivity index (χ1n) is 9.82. The Bertz CT molecular complexity index is 1410. The van der Waals surface area contributed by atoms with Gasteiger partial charge in [0.1, 0.15) is 16.1 Å². The largest absolute Gasteiger partial charge is 0.304 e. The lowest BCUT2D eigenvalue weighted by atomic mass is 10.2. The monoisotopic (exact) mass is 505 g/mol. The Balaban J connectivity index is 1.57. The van der Waals surface area contributed by atoms with Gasteiger partial charge in [-0.25, -0.2) is 14.4 Å². The fourth-order valence-electron chi connectivity index (χ4n) is 3.34. The number of fused-ring (bicyclic) bond motifs is 1. The van der Waals surface area contributed by atoms with Gasteiger partial charge in [0, 0.05) is 18.0 Å². The van der Waals surface area contributed by atoms with Crippen molar-refractivity contribution in [2.45, 2.75) is 0 Å². The highest BCUT2D eigenvalue weighted by Gasteiger charge is 2.20. The average molecular weight is 506 g/mol. The van der Waals surface area contributed by atoms with Crippen LogP contribution in [0.3, 0.4) is 0 Å². The van der Waals surface area contributed by atoms with Crippen LogP contribution in [0.2, 0.25) is 0 Å². The molecule has 0 fully saturated rings. The zero-order valence-corrected chi connectivity index (χ0v) is 19.4. The molecule has 3 aromatic heterocycles. The van der Waals surface area contributed by atoms with Gasteiger partial charge in [-0.1, -0.05) is 36.4 Å². The van der Waals surface area contributed by atoms with E-state index in [0.717, 1.165) is 39.1 Å².